The molecule has 8 nitrogen and oxygen atoms in total. The molecule has 3 N–H and O–H groups in total. The predicted molar refractivity (Wildman–Crippen MR) is 139 cm³/mol. The fourth-order valence-electron chi connectivity index (χ4n) is 4.70. The predicted octanol–water partition coefficient (Wildman–Crippen LogP) is 4.73. The molecular formula is C25H29Cl2N5O3. The number of anilines is 3. The number of nitrogens with zero attached hydrogens (tertiary/aromatic N) is 2. The Kier molecular flexibility index (Phi) is 7.72. The molecule has 186 valence electrons. The van der Waals surface area contributed by atoms with E-state index < -0.39 is 5.54 Å². The molecule has 1 aliphatic carbocycles. The third kappa shape index (κ3) is 5.82. The van der Waals surface area contributed by atoms with Gasteiger partial charge in [-0.15, -0.1) is 0 Å². The van der Waals surface area contributed by atoms with Gasteiger partial charge in [-0.1, -0.05) is 42.1 Å². The summed E-state index contributed by atoms with van der Waals surface area (Å²) in [6.45, 7) is 3.87. The second kappa shape index (κ2) is 10.7. The van der Waals surface area contributed by atoms with Crippen molar-refractivity contribution in [1.82, 2.24) is 10.2 Å². The number of amides is 4. The number of carbonyl (C=O) groups excluding carboxylic acids is 3. The van der Waals surface area contributed by atoms with E-state index in [0.717, 1.165) is 18.5 Å². The molecule has 2 aliphatic rings. The van der Waals surface area contributed by atoms with Crippen LogP contribution in [0.5, 0.6) is 0 Å². The standard InChI is InChI=1S/C25H29Cl2N5O3/c1-17(33)30-25(11-2-3-12-25)23(34)28-18-7-9-19(10-8-18)31-13-15-32(16-14-31)24(35)29-22-20(26)5-4-6-21(22)27/h4-10H,2-3,11-16H2,1H3,(H,28,34)(H,29,35)(H,30,33). The maximum Gasteiger partial charge on any atom is 0.322 e. The molecule has 4 amide bonds. The summed E-state index contributed by atoms with van der Waals surface area (Å²) < 4.78 is 0. The van der Waals surface area contributed by atoms with E-state index in [2.05, 4.69) is 20.9 Å². The number of urea groups is 1. The zero-order valence-electron chi connectivity index (χ0n) is 19.6. The van der Waals surface area contributed by atoms with Crippen LogP contribution in [0.15, 0.2) is 42.5 Å². The summed E-state index contributed by atoms with van der Waals surface area (Å²) in [4.78, 5) is 41.2. The summed E-state index contributed by atoms with van der Waals surface area (Å²) in [6.07, 6.45) is 3.14. The molecule has 0 atom stereocenters. The molecule has 10 heteroatoms. The SMILES string of the molecule is CC(=O)NC1(C(=O)Nc2ccc(N3CCN(C(=O)Nc4c(Cl)cccc4Cl)CC3)cc2)CCCC1. The highest BCUT2D eigenvalue weighted by Gasteiger charge is 2.41. The molecule has 0 bridgehead atoms. The number of benzene rings is 2. The Labute approximate surface area is 214 Å². The zero-order chi connectivity index (χ0) is 25.0. The van der Waals surface area contributed by atoms with E-state index in [0.29, 0.717) is 60.4 Å². The number of halogens is 2. The number of hydrogen-bond donors (Lipinski definition) is 3. The van der Waals surface area contributed by atoms with Gasteiger partial charge in [0.05, 0.1) is 15.7 Å². The molecule has 2 aromatic carbocycles. The number of para-hydroxylation sites is 1. The van der Waals surface area contributed by atoms with Crippen LogP contribution in [0.1, 0.15) is 32.6 Å². The quantitative estimate of drug-likeness (QED) is 0.534. The van der Waals surface area contributed by atoms with Gasteiger partial charge in [0, 0.05) is 44.5 Å². The van der Waals surface area contributed by atoms with E-state index in [4.69, 9.17) is 23.2 Å². The van der Waals surface area contributed by atoms with Crippen molar-refractivity contribution in [2.75, 3.05) is 41.7 Å². The number of piperazine rings is 1. The summed E-state index contributed by atoms with van der Waals surface area (Å²) in [7, 11) is 0. The first-order chi connectivity index (χ1) is 16.8. The minimum Gasteiger partial charge on any atom is -0.368 e. The molecule has 1 saturated heterocycles. The topological polar surface area (TPSA) is 93.8 Å². The van der Waals surface area contributed by atoms with Crippen molar-refractivity contribution in [3.63, 3.8) is 0 Å². The number of hydrogen-bond acceptors (Lipinski definition) is 4. The molecule has 1 saturated carbocycles. The van der Waals surface area contributed by atoms with Gasteiger partial charge in [0.25, 0.3) is 0 Å². The largest absolute Gasteiger partial charge is 0.368 e. The van der Waals surface area contributed by atoms with Crippen LogP contribution in [0.4, 0.5) is 21.9 Å². The van der Waals surface area contributed by atoms with E-state index >= 15 is 0 Å². The lowest BCUT2D eigenvalue weighted by atomic mass is 9.96. The normalized spacial score (nSPS) is 17.1. The van der Waals surface area contributed by atoms with Crippen LogP contribution in [-0.4, -0.2) is 54.5 Å². The van der Waals surface area contributed by atoms with Gasteiger partial charge >= 0.3 is 6.03 Å². The van der Waals surface area contributed by atoms with Crippen molar-refractivity contribution >= 4 is 58.1 Å². The summed E-state index contributed by atoms with van der Waals surface area (Å²) in [6, 6.07) is 12.5. The van der Waals surface area contributed by atoms with Crippen LogP contribution in [0, 0.1) is 0 Å². The Morgan fingerprint density at radius 2 is 1.46 bits per heavy atom. The van der Waals surface area contributed by atoms with Crippen LogP contribution >= 0.6 is 23.2 Å². The van der Waals surface area contributed by atoms with Gasteiger partial charge in [-0.2, -0.15) is 0 Å². The van der Waals surface area contributed by atoms with Crippen LogP contribution in [0.25, 0.3) is 0 Å². The molecule has 1 heterocycles. The van der Waals surface area contributed by atoms with Crippen LogP contribution in [0.3, 0.4) is 0 Å². The lowest BCUT2D eigenvalue weighted by Crippen LogP contribution is -2.54. The molecule has 0 unspecified atom stereocenters. The number of nitrogens with one attached hydrogen (secondary N) is 3. The van der Waals surface area contributed by atoms with Gasteiger partial charge < -0.3 is 25.8 Å². The van der Waals surface area contributed by atoms with Gasteiger partial charge in [0.2, 0.25) is 11.8 Å². The van der Waals surface area contributed by atoms with Gasteiger partial charge in [-0.25, -0.2) is 4.79 Å². The molecule has 0 radical (unpaired) electrons. The highest BCUT2D eigenvalue weighted by Crippen LogP contribution is 2.32. The minimum absolute atomic E-state index is 0.170. The van der Waals surface area contributed by atoms with Crippen LogP contribution < -0.4 is 20.9 Å². The average Bonchev–Trinajstić information content (AvgIpc) is 3.31. The van der Waals surface area contributed by atoms with E-state index in [1.165, 1.54) is 6.92 Å². The van der Waals surface area contributed by atoms with Crippen molar-refractivity contribution in [1.29, 1.82) is 0 Å². The third-order valence-corrected chi connectivity index (χ3v) is 7.19. The Morgan fingerprint density at radius 3 is 2.03 bits per heavy atom. The summed E-state index contributed by atoms with van der Waals surface area (Å²) in [5.74, 6) is -0.364. The van der Waals surface area contributed by atoms with Crippen LogP contribution in [-0.2, 0) is 9.59 Å². The molecule has 2 aromatic rings. The van der Waals surface area contributed by atoms with E-state index in [-0.39, 0.29) is 17.8 Å². The van der Waals surface area contributed by atoms with Crippen LogP contribution in [0.2, 0.25) is 10.0 Å². The van der Waals surface area contributed by atoms with Gasteiger partial charge in [-0.3, -0.25) is 9.59 Å². The smallest absolute Gasteiger partial charge is 0.322 e. The minimum atomic E-state index is -0.824. The van der Waals surface area contributed by atoms with Gasteiger partial charge in [0.15, 0.2) is 0 Å². The molecule has 4 rings (SSSR count). The Hall–Kier alpha value is -2.97. The van der Waals surface area contributed by atoms with E-state index in [1.807, 2.05) is 24.3 Å². The second-order valence-corrected chi connectivity index (χ2v) is 9.79. The summed E-state index contributed by atoms with van der Waals surface area (Å²) in [5.41, 5.74) is 1.29. The van der Waals surface area contributed by atoms with E-state index in [1.54, 1.807) is 23.1 Å². The molecule has 2 fully saturated rings. The Morgan fingerprint density at radius 1 is 0.857 bits per heavy atom. The molecule has 0 aromatic heterocycles. The fourth-order valence-corrected chi connectivity index (χ4v) is 5.19. The first-order valence-corrected chi connectivity index (χ1v) is 12.5. The van der Waals surface area contributed by atoms with Crippen molar-refractivity contribution in [2.45, 2.75) is 38.1 Å². The van der Waals surface area contributed by atoms with Crippen molar-refractivity contribution in [3.8, 4) is 0 Å². The van der Waals surface area contributed by atoms with Crippen molar-refractivity contribution in [3.05, 3.63) is 52.5 Å². The number of carbonyl (C=O) groups is 3. The number of rotatable bonds is 5. The van der Waals surface area contributed by atoms with Gasteiger partial charge in [0.1, 0.15) is 5.54 Å². The maximum atomic E-state index is 12.9. The third-order valence-electron chi connectivity index (χ3n) is 6.56. The first-order valence-electron chi connectivity index (χ1n) is 11.7. The average molecular weight is 518 g/mol. The molecular weight excluding hydrogens is 489 g/mol. The summed E-state index contributed by atoms with van der Waals surface area (Å²) in [5, 5.41) is 9.42. The first kappa shape index (κ1) is 25.1. The summed E-state index contributed by atoms with van der Waals surface area (Å²) >= 11 is 12.3. The lowest BCUT2D eigenvalue weighted by Gasteiger charge is -2.36. The van der Waals surface area contributed by atoms with Crippen molar-refractivity contribution in [2.24, 2.45) is 0 Å². The second-order valence-electron chi connectivity index (χ2n) is 8.97. The monoisotopic (exact) mass is 517 g/mol. The Balaban J connectivity index is 1.31. The lowest BCUT2D eigenvalue weighted by molar-refractivity contribution is -0.129. The highest BCUT2D eigenvalue weighted by molar-refractivity contribution is 6.39. The highest BCUT2D eigenvalue weighted by atomic mass is 35.5. The van der Waals surface area contributed by atoms with Crippen molar-refractivity contribution < 1.29 is 14.4 Å². The van der Waals surface area contributed by atoms with E-state index in [9.17, 15) is 14.4 Å². The fraction of sp³-hybridized carbons (Fsp3) is 0.400. The molecule has 35 heavy (non-hydrogen) atoms. The molecule has 0 spiro atoms. The Bertz CT molecular complexity index is 1070. The molecule has 1 aliphatic heterocycles. The maximum absolute atomic E-state index is 12.9. The van der Waals surface area contributed by atoms with Gasteiger partial charge in [-0.05, 0) is 49.2 Å². The zero-order valence-corrected chi connectivity index (χ0v) is 21.1.